The van der Waals surface area contributed by atoms with Crippen LogP contribution in [-0.4, -0.2) is 14.5 Å². The lowest BCUT2D eigenvalue weighted by atomic mass is 10.3. The molecule has 0 aliphatic rings. The molecule has 1 aromatic carbocycles. The topological polar surface area (TPSA) is 43.9 Å². The molecule has 0 fully saturated rings. The molecule has 25 heavy (non-hydrogen) atoms. The first kappa shape index (κ1) is 15.9. The summed E-state index contributed by atoms with van der Waals surface area (Å²) in [4.78, 5) is 8.97. The van der Waals surface area contributed by atoms with Gasteiger partial charge in [-0.1, -0.05) is 18.2 Å². The summed E-state index contributed by atoms with van der Waals surface area (Å²) in [6.45, 7) is 1.64. The van der Waals surface area contributed by atoms with E-state index < -0.39 is 12.0 Å². The van der Waals surface area contributed by atoms with Gasteiger partial charge in [0.15, 0.2) is 0 Å². The van der Waals surface area contributed by atoms with Crippen LogP contribution in [-0.2, 0) is 12.7 Å². The molecular formula is C17H12F3N3OS. The van der Waals surface area contributed by atoms with Crippen LogP contribution in [0.1, 0.15) is 17.3 Å². The molecule has 0 unspecified atom stereocenters. The minimum Gasteiger partial charge on any atom is -0.440 e. The van der Waals surface area contributed by atoms with Gasteiger partial charge in [0, 0.05) is 0 Å². The first-order valence-corrected chi connectivity index (χ1v) is 8.34. The number of benzene rings is 1. The molecule has 0 saturated carbocycles. The van der Waals surface area contributed by atoms with E-state index >= 15 is 0 Å². The Morgan fingerprint density at radius 3 is 2.64 bits per heavy atom. The lowest BCUT2D eigenvalue weighted by Crippen LogP contribution is -2.16. The standard InChI is InChI=1S/C17H12F3N3OS/c1-10-12(21-15(24-10)14-7-4-8-25-14)9-23-13-6-3-2-5-11(13)22-16(23)17(18,19)20/h2-8H,9H2,1H3. The summed E-state index contributed by atoms with van der Waals surface area (Å²) >= 11 is 1.46. The summed E-state index contributed by atoms with van der Waals surface area (Å²) in [5.41, 5.74) is 1.17. The Kier molecular flexibility index (Phi) is 3.64. The average Bonchev–Trinajstić information content (AvgIpc) is 3.27. The van der Waals surface area contributed by atoms with Gasteiger partial charge in [-0.3, -0.25) is 0 Å². The minimum absolute atomic E-state index is 0.0595. The maximum Gasteiger partial charge on any atom is 0.449 e. The fraction of sp³-hybridized carbons (Fsp3) is 0.176. The third kappa shape index (κ3) is 2.82. The molecule has 0 amide bonds. The molecule has 0 saturated heterocycles. The van der Waals surface area contributed by atoms with Crippen molar-refractivity contribution in [3.63, 3.8) is 0 Å². The maximum absolute atomic E-state index is 13.4. The van der Waals surface area contributed by atoms with Crippen LogP contribution in [0, 0.1) is 6.92 Å². The van der Waals surface area contributed by atoms with Crippen LogP contribution in [0.15, 0.2) is 46.2 Å². The second-order valence-electron chi connectivity index (χ2n) is 5.51. The van der Waals surface area contributed by atoms with Crippen molar-refractivity contribution in [1.82, 2.24) is 14.5 Å². The number of nitrogens with zero attached hydrogens (tertiary/aromatic N) is 3. The molecule has 0 radical (unpaired) electrons. The summed E-state index contributed by atoms with van der Waals surface area (Å²) in [6, 6.07) is 10.3. The quantitative estimate of drug-likeness (QED) is 0.507. The van der Waals surface area contributed by atoms with E-state index in [0.717, 1.165) is 9.44 Å². The van der Waals surface area contributed by atoms with Crippen LogP contribution in [0.3, 0.4) is 0 Å². The summed E-state index contributed by atoms with van der Waals surface area (Å²) in [5, 5.41) is 1.89. The second kappa shape index (κ2) is 5.73. The molecule has 3 aromatic heterocycles. The van der Waals surface area contributed by atoms with Crippen molar-refractivity contribution in [3.05, 3.63) is 59.1 Å². The van der Waals surface area contributed by atoms with Gasteiger partial charge in [-0.05, 0) is 30.5 Å². The molecule has 4 nitrogen and oxygen atoms in total. The number of aromatic nitrogens is 3. The summed E-state index contributed by atoms with van der Waals surface area (Å²) < 4.78 is 46.9. The molecular weight excluding hydrogens is 351 g/mol. The van der Waals surface area contributed by atoms with Crippen molar-refractivity contribution in [2.75, 3.05) is 0 Å². The fourth-order valence-corrected chi connectivity index (χ4v) is 3.33. The van der Waals surface area contributed by atoms with Crippen molar-refractivity contribution in [2.45, 2.75) is 19.6 Å². The molecule has 0 aliphatic carbocycles. The fourth-order valence-electron chi connectivity index (χ4n) is 2.68. The molecule has 0 spiro atoms. The highest BCUT2D eigenvalue weighted by Crippen LogP contribution is 2.33. The van der Waals surface area contributed by atoms with E-state index in [-0.39, 0.29) is 6.54 Å². The van der Waals surface area contributed by atoms with Gasteiger partial charge >= 0.3 is 6.18 Å². The molecule has 4 rings (SSSR count). The number of halogens is 3. The lowest BCUT2D eigenvalue weighted by Gasteiger charge is -2.10. The predicted octanol–water partition coefficient (Wildman–Crippen LogP) is 5.13. The smallest absolute Gasteiger partial charge is 0.440 e. The summed E-state index contributed by atoms with van der Waals surface area (Å²) in [5.74, 6) is -0.0245. The molecule has 0 aliphatic heterocycles. The van der Waals surface area contributed by atoms with Crippen molar-refractivity contribution < 1.29 is 17.6 Å². The number of para-hydroxylation sites is 2. The number of fused-ring (bicyclic) bond motifs is 1. The van der Waals surface area contributed by atoms with Crippen LogP contribution < -0.4 is 0 Å². The average molecular weight is 363 g/mol. The summed E-state index contributed by atoms with van der Waals surface area (Å²) in [7, 11) is 0. The Labute approximate surface area is 144 Å². The van der Waals surface area contributed by atoms with Crippen LogP contribution in [0.5, 0.6) is 0 Å². The predicted molar refractivity (Wildman–Crippen MR) is 88.4 cm³/mol. The molecule has 8 heteroatoms. The van der Waals surface area contributed by atoms with Gasteiger partial charge in [0.25, 0.3) is 0 Å². The van der Waals surface area contributed by atoms with E-state index in [4.69, 9.17) is 4.42 Å². The zero-order chi connectivity index (χ0) is 17.6. The minimum atomic E-state index is -4.55. The van der Waals surface area contributed by atoms with Crippen LogP contribution in [0.2, 0.25) is 0 Å². The maximum atomic E-state index is 13.4. The number of alkyl halides is 3. The highest BCUT2D eigenvalue weighted by molar-refractivity contribution is 7.13. The van der Waals surface area contributed by atoms with Crippen LogP contribution >= 0.6 is 11.3 Å². The monoisotopic (exact) mass is 363 g/mol. The largest absolute Gasteiger partial charge is 0.449 e. The molecule has 128 valence electrons. The van der Waals surface area contributed by atoms with Crippen molar-refractivity contribution >= 4 is 22.4 Å². The Balaban J connectivity index is 1.81. The van der Waals surface area contributed by atoms with Gasteiger partial charge < -0.3 is 8.98 Å². The van der Waals surface area contributed by atoms with E-state index in [1.165, 1.54) is 11.3 Å². The highest BCUT2D eigenvalue weighted by Gasteiger charge is 2.37. The third-order valence-electron chi connectivity index (χ3n) is 3.84. The normalized spacial score (nSPS) is 12.2. The van der Waals surface area contributed by atoms with Gasteiger partial charge in [-0.25, -0.2) is 9.97 Å². The Morgan fingerprint density at radius 1 is 1.12 bits per heavy atom. The van der Waals surface area contributed by atoms with Gasteiger partial charge in [-0.2, -0.15) is 13.2 Å². The van der Waals surface area contributed by atoms with Gasteiger partial charge in [0.2, 0.25) is 11.7 Å². The van der Waals surface area contributed by atoms with Gasteiger partial charge in [0.1, 0.15) is 11.5 Å². The van der Waals surface area contributed by atoms with E-state index in [9.17, 15) is 13.2 Å². The highest BCUT2D eigenvalue weighted by atomic mass is 32.1. The molecule has 0 N–H and O–H groups in total. The number of imidazole rings is 1. The number of thiophene rings is 1. The number of hydrogen-bond acceptors (Lipinski definition) is 4. The van der Waals surface area contributed by atoms with E-state index in [1.807, 2.05) is 17.5 Å². The Morgan fingerprint density at radius 2 is 1.92 bits per heavy atom. The van der Waals surface area contributed by atoms with E-state index in [2.05, 4.69) is 9.97 Å². The lowest BCUT2D eigenvalue weighted by molar-refractivity contribution is -0.146. The molecule has 4 aromatic rings. The van der Waals surface area contributed by atoms with Crippen LogP contribution in [0.4, 0.5) is 13.2 Å². The SMILES string of the molecule is Cc1oc(-c2cccs2)nc1Cn1c(C(F)(F)F)nc2ccccc21. The van der Waals surface area contributed by atoms with Crippen molar-refractivity contribution in [2.24, 2.45) is 0 Å². The molecule has 0 atom stereocenters. The first-order valence-electron chi connectivity index (χ1n) is 7.46. The number of hydrogen-bond donors (Lipinski definition) is 0. The zero-order valence-corrected chi connectivity index (χ0v) is 13.9. The van der Waals surface area contributed by atoms with Gasteiger partial charge in [0.05, 0.1) is 22.5 Å². The van der Waals surface area contributed by atoms with E-state index in [0.29, 0.717) is 28.4 Å². The van der Waals surface area contributed by atoms with Crippen LogP contribution in [0.25, 0.3) is 21.8 Å². The summed E-state index contributed by atoms with van der Waals surface area (Å²) in [6.07, 6.45) is -4.55. The Hall–Kier alpha value is -2.61. The van der Waals surface area contributed by atoms with Crippen molar-refractivity contribution in [1.29, 1.82) is 0 Å². The Bertz CT molecular complexity index is 1030. The number of rotatable bonds is 3. The number of aryl methyl sites for hydroxylation is 1. The second-order valence-corrected chi connectivity index (χ2v) is 6.45. The number of oxazole rings is 1. The zero-order valence-electron chi connectivity index (χ0n) is 13.0. The van der Waals surface area contributed by atoms with Crippen molar-refractivity contribution in [3.8, 4) is 10.8 Å². The third-order valence-corrected chi connectivity index (χ3v) is 4.70. The molecule has 3 heterocycles. The first-order chi connectivity index (χ1) is 11.9. The van der Waals surface area contributed by atoms with E-state index in [1.54, 1.807) is 31.2 Å². The van der Waals surface area contributed by atoms with Gasteiger partial charge in [-0.15, -0.1) is 11.3 Å². The molecule has 0 bridgehead atoms.